The van der Waals surface area contributed by atoms with Crippen LogP contribution in [-0.2, 0) is 13.0 Å². The fourth-order valence-corrected chi connectivity index (χ4v) is 2.94. The SMILES string of the molecule is Cc1ccc2oc(=O)n(Cc3noc(C(=O)N[C@H](C)Cc4ccco4)n3)c2c1. The molecule has 0 aliphatic carbocycles. The number of nitrogens with one attached hydrogen (secondary N) is 1. The smallest absolute Gasteiger partial charge is 0.420 e. The number of fused-ring (bicyclic) bond motifs is 1. The van der Waals surface area contributed by atoms with Crippen LogP contribution in [-0.4, -0.2) is 26.7 Å². The molecular weight excluding hydrogens is 364 g/mol. The van der Waals surface area contributed by atoms with E-state index in [2.05, 4.69) is 15.5 Å². The summed E-state index contributed by atoms with van der Waals surface area (Å²) in [7, 11) is 0. The van der Waals surface area contributed by atoms with Crippen LogP contribution in [0, 0.1) is 6.92 Å². The molecule has 9 nitrogen and oxygen atoms in total. The highest BCUT2D eigenvalue weighted by Crippen LogP contribution is 2.15. The Balaban J connectivity index is 1.47. The summed E-state index contributed by atoms with van der Waals surface area (Å²) in [6.45, 7) is 3.80. The van der Waals surface area contributed by atoms with E-state index in [1.54, 1.807) is 18.4 Å². The van der Waals surface area contributed by atoms with E-state index in [1.165, 1.54) is 4.57 Å². The predicted molar refractivity (Wildman–Crippen MR) is 98.0 cm³/mol. The Labute approximate surface area is 158 Å². The van der Waals surface area contributed by atoms with Crippen LogP contribution in [0.15, 0.2) is 54.7 Å². The number of hydrogen-bond donors (Lipinski definition) is 1. The third kappa shape index (κ3) is 3.59. The fourth-order valence-electron chi connectivity index (χ4n) is 2.94. The van der Waals surface area contributed by atoms with Crippen LogP contribution in [0.4, 0.5) is 0 Å². The molecule has 1 aromatic carbocycles. The molecule has 0 aliphatic heterocycles. The highest BCUT2D eigenvalue weighted by Gasteiger charge is 2.19. The van der Waals surface area contributed by atoms with Gasteiger partial charge in [0.2, 0.25) is 0 Å². The lowest BCUT2D eigenvalue weighted by atomic mass is 10.2. The summed E-state index contributed by atoms with van der Waals surface area (Å²) in [6, 6.07) is 8.87. The third-order valence-corrected chi connectivity index (χ3v) is 4.25. The van der Waals surface area contributed by atoms with E-state index < -0.39 is 11.7 Å². The van der Waals surface area contributed by atoms with Crippen LogP contribution < -0.4 is 11.1 Å². The van der Waals surface area contributed by atoms with Gasteiger partial charge in [-0.2, -0.15) is 4.98 Å². The first-order chi connectivity index (χ1) is 13.5. The molecule has 0 saturated carbocycles. The van der Waals surface area contributed by atoms with Gasteiger partial charge in [-0.15, -0.1) is 0 Å². The highest BCUT2D eigenvalue weighted by atomic mass is 16.5. The minimum Gasteiger partial charge on any atom is -0.469 e. The molecule has 0 bridgehead atoms. The quantitative estimate of drug-likeness (QED) is 0.544. The van der Waals surface area contributed by atoms with E-state index in [0.29, 0.717) is 17.5 Å². The molecule has 0 saturated heterocycles. The number of amides is 1. The van der Waals surface area contributed by atoms with Crippen molar-refractivity contribution in [3.63, 3.8) is 0 Å². The van der Waals surface area contributed by atoms with Crippen LogP contribution >= 0.6 is 0 Å². The summed E-state index contributed by atoms with van der Waals surface area (Å²) in [6.07, 6.45) is 2.12. The zero-order chi connectivity index (χ0) is 19.7. The van der Waals surface area contributed by atoms with Gasteiger partial charge in [-0.1, -0.05) is 11.2 Å². The van der Waals surface area contributed by atoms with E-state index in [9.17, 15) is 9.59 Å². The van der Waals surface area contributed by atoms with Gasteiger partial charge in [0.15, 0.2) is 11.4 Å². The molecule has 3 aromatic heterocycles. The second-order valence-corrected chi connectivity index (χ2v) is 6.60. The standard InChI is InChI=1S/C19H18N4O5/c1-11-5-6-15-14(8-11)23(19(25)27-15)10-16-21-18(28-22-16)17(24)20-12(2)9-13-4-3-7-26-13/h3-8,12H,9-10H2,1-2H3,(H,20,24)/t12-/m1/s1. The van der Waals surface area contributed by atoms with Crippen molar-refractivity contribution in [2.24, 2.45) is 0 Å². The first kappa shape index (κ1) is 17.8. The molecular formula is C19H18N4O5. The van der Waals surface area contributed by atoms with Gasteiger partial charge in [0.25, 0.3) is 0 Å². The Morgan fingerprint density at radius 1 is 1.32 bits per heavy atom. The number of carbonyl (C=O) groups is 1. The Kier molecular flexibility index (Phi) is 4.56. The van der Waals surface area contributed by atoms with Crippen LogP contribution in [0.1, 0.15) is 34.8 Å². The summed E-state index contributed by atoms with van der Waals surface area (Å²) >= 11 is 0. The monoisotopic (exact) mass is 382 g/mol. The molecule has 4 aromatic rings. The maximum absolute atomic E-state index is 12.3. The molecule has 9 heteroatoms. The van der Waals surface area contributed by atoms with Crippen LogP contribution in [0.25, 0.3) is 11.1 Å². The lowest BCUT2D eigenvalue weighted by molar-refractivity contribution is 0.0895. The zero-order valence-corrected chi connectivity index (χ0v) is 15.3. The molecule has 144 valence electrons. The van der Waals surface area contributed by atoms with Crippen molar-refractivity contribution in [2.75, 3.05) is 0 Å². The second kappa shape index (κ2) is 7.18. The zero-order valence-electron chi connectivity index (χ0n) is 15.3. The number of benzene rings is 1. The lowest BCUT2D eigenvalue weighted by Crippen LogP contribution is -2.34. The summed E-state index contributed by atoms with van der Waals surface area (Å²) in [5.74, 6) is -0.212. The van der Waals surface area contributed by atoms with Gasteiger partial charge in [0.05, 0.1) is 18.3 Å². The van der Waals surface area contributed by atoms with Gasteiger partial charge < -0.3 is 18.7 Å². The van der Waals surface area contributed by atoms with E-state index in [4.69, 9.17) is 13.4 Å². The molecule has 0 fully saturated rings. The van der Waals surface area contributed by atoms with Crippen molar-refractivity contribution < 1.29 is 18.2 Å². The minimum absolute atomic E-state index is 0.0357. The van der Waals surface area contributed by atoms with E-state index in [0.717, 1.165) is 11.3 Å². The highest BCUT2D eigenvalue weighted by molar-refractivity contribution is 5.89. The second-order valence-electron chi connectivity index (χ2n) is 6.60. The number of oxazole rings is 1. The van der Waals surface area contributed by atoms with Crippen LogP contribution in [0.2, 0.25) is 0 Å². The fraction of sp³-hybridized carbons (Fsp3) is 0.263. The summed E-state index contributed by atoms with van der Waals surface area (Å²) in [5.41, 5.74) is 2.09. The van der Waals surface area contributed by atoms with E-state index >= 15 is 0 Å². The molecule has 1 atom stereocenters. The lowest BCUT2D eigenvalue weighted by Gasteiger charge is -2.10. The van der Waals surface area contributed by atoms with Crippen molar-refractivity contribution in [1.82, 2.24) is 20.0 Å². The van der Waals surface area contributed by atoms with Gasteiger partial charge in [-0.3, -0.25) is 9.36 Å². The van der Waals surface area contributed by atoms with Crippen LogP contribution in [0.3, 0.4) is 0 Å². The van der Waals surface area contributed by atoms with Gasteiger partial charge in [-0.05, 0) is 43.7 Å². The van der Waals surface area contributed by atoms with Gasteiger partial charge in [0.1, 0.15) is 5.76 Å². The normalized spacial score (nSPS) is 12.4. The third-order valence-electron chi connectivity index (χ3n) is 4.25. The van der Waals surface area contributed by atoms with Crippen molar-refractivity contribution >= 4 is 17.0 Å². The average molecular weight is 382 g/mol. The van der Waals surface area contributed by atoms with E-state index in [1.807, 2.05) is 32.0 Å². The number of aromatic nitrogens is 3. The first-order valence-corrected chi connectivity index (χ1v) is 8.75. The van der Waals surface area contributed by atoms with Gasteiger partial charge in [0, 0.05) is 12.5 Å². The average Bonchev–Trinajstić information content (AvgIpc) is 3.37. The Hall–Kier alpha value is -3.62. The Morgan fingerprint density at radius 2 is 2.18 bits per heavy atom. The minimum atomic E-state index is -0.525. The molecule has 28 heavy (non-hydrogen) atoms. The summed E-state index contributed by atoms with van der Waals surface area (Å²) < 4.78 is 16.9. The molecule has 0 aliphatic rings. The molecule has 3 heterocycles. The molecule has 0 unspecified atom stereocenters. The molecule has 0 spiro atoms. The Bertz CT molecular complexity index is 1170. The molecule has 1 amide bonds. The molecule has 4 rings (SSSR count). The van der Waals surface area contributed by atoms with Crippen molar-refractivity contribution in [3.05, 3.63) is 70.2 Å². The van der Waals surface area contributed by atoms with E-state index in [-0.39, 0.29) is 24.3 Å². The maximum Gasteiger partial charge on any atom is 0.420 e. The van der Waals surface area contributed by atoms with Gasteiger partial charge in [-0.25, -0.2) is 4.79 Å². The van der Waals surface area contributed by atoms with Crippen molar-refractivity contribution in [2.45, 2.75) is 32.9 Å². The topological polar surface area (TPSA) is 116 Å². The number of furan rings is 1. The number of rotatable bonds is 6. The van der Waals surface area contributed by atoms with Crippen LogP contribution in [0.5, 0.6) is 0 Å². The first-order valence-electron chi connectivity index (χ1n) is 8.75. The summed E-state index contributed by atoms with van der Waals surface area (Å²) in [5, 5.41) is 6.57. The Morgan fingerprint density at radius 3 is 2.96 bits per heavy atom. The number of aryl methyl sites for hydroxylation is 1. The summed E-state index contributed by atoms with van der Waals surface area (Å²) in [4.78, 5) is 28.5. The largest absolute Gasteiger partial charge is 0.469 e. The van der Waals surface area contributed by atoms with Gasteiger partial charge >= 0.3 is 17.6 Å². The number of hydrogen-bond acceptors (Lipinski definition) is 7. The number of carbonyl (C=O) groups excluding carboxylic acids is 1. The number of nitrogens with zero attached hydrogens (tertiary/aromatic N) is 3. The maximum atomic E-state index is 12.3. The predicted octanol–water partition coefficient (Wildman–Crippen LogP) is 2.29. The van der Waals surface area contributed by atoms with Crippen molar-refractivity contribution in [3.8, 4) is 0 Å². The van der Waals surface area contributed by atoms with Crippen molar-refractivity contribution in [1.29, 1.82) is 0 Å². The molecule has 1 N–H and O–H groups in total. The molecule has 0 radical (unpaired) electrons.